The Bertz CT molecular complexity index is 437. The molecule has 7 N–H and O–H groups in total. The van der Waals surface area contributed by atoms with Crippen LogP contribution in [0.4, 0.5) is 0 Å². The zero-order valence-electron chi connectivity index (χ0n) is 10.9. The van der Waals surface area contributed by atoms with Crippen molar-refractivity contribution in [2.24, 2.45) is 5.73 Å². The molecular weight excluding hydrogens is 288 g/mol. The highest BCUT2D eigenvalue weighted by Crippen LogP contribution is 1.93. The van der Waals surface area contributed by atoms with Gasteiger partial charge in [-0.15, -0.1) is 0 Å². The zero-order valence-corrected chi connectivity index (χ0v) is 10.9. The molecule has 0 saturated carbocycles. The third-order valence-electron chi connectivity index (χ3n) is 2.08. The van der Waals surface area contributed by atoms with E-state index in [9.17, 15) is 24.0 Å². The molecule has 11 nitrogen and oxygen atoms in total. The molecule has 0 aromatic carbocycles. The van der Waals surface area contributed by atoms with E-state index >= 15 is 0 Å². The summed E-state index contributed by atoms with van der Waals surface area (Å²) in [6.45, 7) is -1.60. The molecule has 1 atom stereocenters. The fourth-order valence-corrected chi connectivity index (χ4v) is 1.16. The average molecular weight is 304 g/mol. The molecule has 0 fully saturated rings. The SMILES string of the molecule is NCC(=O)NC(CC(=O)O)C(=O)NCC(=O)NCC(=O)O. The fourth-order valence-electron chi connectivity index (χ4n) is 1.16. The number of aliphatic carboxylic acids is 2. The number of nitrogens with one attached hydrogen (secondary N) is 3. The van der Waals surface area contributed by atoms with Gasteiger partial charge in [-0.1, -0.05) is 0 Å². The Labute approximate surface area is 118 Å². The summed E-state index contributed by atoms with van der Waals surface area (Å²) in [4.78, 5) is 54.7. The fraction of sp³-hybridized carbons (Fsp3) is 0.500. The molecular formula is C10H16N4O7. The van der Waals surface area contributed by atoms with Crippen molar-refractivity contribution in [3.05, 3.63) is 0 Å². The van der Waals surface area contributed by atoms with Crippen LogP contribution in [0.15, 0.2) is 0 Å². The van der Waals surface area contributed by atoms with Crippen molar-refractivity contribution in [1.29, 1.82) is 0 Å². The smallest absolute Gasteiger partial charge is 0.322 e. The van der Waals surface area contributed by atoms with Gasteiger partial charge in [0.1, 0.15) is 12.6 Å². The predicted octanol–water partition coefficient (Wildman–Crippen LogP) is -3.78. The Morgan fingerprint density at radius 2 is 1.52 bits per heavy atom. The van der Waals surface area contributed by atoms with Crippen LogP contribution in [0.25, 0.3) is 0 Å². The molecule has 0 aliphatic heterocycles. The maximum Gasteiger partial charge on any atom is 0.322 e. The van der Waals surface area contributed by atoms with Crippen molar-refractivity contribution >= 4 is 29.7 Å². The molecule has 0 spiro atoms. The second-order valence-electron chi connectivity index (χ2n) is 3.81. The molecule has 1 unspecified atom stereocenters. The Hall–Kier alpha value is -2.69. The minimum atomic E-state index is -1.38. The Morgan fingerprint density at radius 3 is 2.00 bits per heavy atom. The van der Waals surface area contributed by atoms with Crippen molar-refractivity contribution < 1.29 is 34.2 Å². The van der Waals surface area contributed by atoms with Crippen molar-refractivity contribution in [3.63, 3.8) is 0 Å². The van der Waals surface area contributed by atoms with Crippen LogP contribution < -0.4 is 21.7 Å². The Balaban J connectivity index is 4.39. The maximum atomic E-state index is 11.6. The van der Waals surface area contributed by atoms with Gasteiger partial charge in [0.05, 0.1) is 19.5 Å². The molecule has 0 aliphatic rings. The van der Waals surface area contributed by atoms with E-state index in [1.165, 1.54) is 0 Å². The van der Waals surface area contributed by atoms with Gasteiger partial charge in [-0.05, 0) is 0 Å². The van der Waals surface area contributed by atoms with Crippen LogP contribution >= 0.6 is 0 Å². The summed E-state index contributed by atoms with van der Waals surface area (Å²) in [6.07, 6.45) is -0.686. The summed E-state index contributed by atoms with van der Waals surface area (Å²) in [5, 5.41) is 23.1. The number of carboxylic acids is 2. The first kappa shape index (κ1) is 18.3. The quantitative estimate of drug-likeness (QED) is 0.250. The first-order valence-corrected chi connectivity index (χ1v) is 5.73. The van der Waals surface area contributed by atoms with E-state index in [0.717, 1.165) is 0 Å². The number of rotatable bonds is 9. The Morgan fingerprint density at radius 1 is 0.905 bits per heavy atom. The van der Waals surface area contributed by atoms with Crippen molar-refractivity contribution in [3.8, 4) is 0 Å². The number of carboxylic acid groups (broad SMARTS) is 2. The van der Waals surface area contributed by atoms with Gasteiger partial charge >= 0.3 is 11.9 Å². The van der Waals surface area contributed by atoms with Crippen molar-refractivity contribution in [2.75, 3.05) is 19.6 Å². The molecule has 0 aliphatic carbocycles. The normalized spacial score (nSPS) is 11.1. The minimum absolute atomic E-state index is 0.428. The predicted molar refractivity (Wildman–Crippen MR) is 66.9 cm³/mol. The molecule has 21 heavy (non-hydrogen) atoms. The zero-order chi connectivity index (χ0) is 16.4. The van der Waals surface area contributed by atoms with E-state index in [-0.39, 0.29) is 0 Å². The largest absolute Gasteiger partial charge is 0.481 e. The van der Waals surface area contributed by atoms with E-state index in [1.54, 1.807) is 0 Å². The second-order valence-corrected chi connectivity index (χ2v) is 3.81. The lowest BCUT2D eigenvalue weighted by molar-refractivity contribution is -0.141. The molecule has 0 rings (SSSR count). The van der Waals surface area contributed by atoms with Gasteiger partial charge in [0.2, 0.25) is 17.7 Å². The molecule has 0 aromatic heterocycles. The molecule has 0 aromatic rings. The lowest BCUT2D eigenvalue weighted by atomic mass is 10.2. The molecule has 0 radical (unpaired) electrons. The number of hydrogen-bond donors (Lipinski definition) is 6. The maximum absolute atomic E-state index is 11.6. The number of carbonyl (C=O) groups excluding carboxylic acids is 3. The van der Waals surface area contributed by atoms with Crippen LogP contribution in [0, 0.1) is 0 Å². The van der Waals surface area contributed by atoms with Gasteiger partial charge in [0.15, 0.2) is 0 Å². The second kappa shape index (κ2) is 9.25. The summed E-state index contributed by atoms with van der Waals surface area (Å²) in [7, 11) is 0. The number of carbonyl (C=O) groups is 5. The first-order valence-electron chi connectivity index (χ1n) is 5.73. The molecule has 118 valence electrons. The summed E-state index contributed by atoms with van der Waals surface area (Å²) in [6, 6.07) is -1.38. The van der Waals surface area contributed by atoms with Crippen molar-refractivity contribution in [2.45, 2.75) is 12.5 Å². The third-order valence-corrected chi connectivity index (χ3v) is 2.08. The van der Waals surface area contributed by atoms with Crippen LogP contribution in [0.5, 0.6) is 0 Å². The van der Waals surface area contributed by atoms with Gasteiger partial charge in [-0.2, -0.15) is 0 Å². The van der Waals surface area contributed by atoms with Crippen molar-refractivity contribution in [1.82, 2.24) is 16.0 Å². The van der Waals surface area contributed by atoms with E-state index < -0.39 is 61.8 Å². The molecule has 0 saturated heterocycles. The van der Waals surface area contributed by atoms with Gasteiger partial charge in [0.25, 0.3) is 0 Å². The summed E-state index contributed by atoms with van der Waals surface area (Å²) in [5.74, 6) is -4.99. The van der Waals surface area contributed by atoms with Crippen LogP contribution in [-0.4, -0.2) is 65.5 Å². The average Bonchev–Trinajstić information content (AvgIpc) is 2.40. The molecule has 0 bridgehead atoms. The van der Waals surface area contributed by atoms with E-state index in [1.807, 2.05) is 5.32 Å². The Kier molecular flexibility index (Phi) is 8.07. The lowest BCUT2D eigenvalue weighted by Gasteiger charge is -2.16. The third kappa shape index (κ3) is 8.93. The first-order chi connectivity index (χ1) is 9.76. The van der Waals surface area contributed by atoms with Gasteiger partial charge in [-0.3, -0.25) is 24.0 Å². The highest BCUT2D eigenvalue weighted by molar-refractivity contribution is 5.93. The van der Waals surface area contributed by atoms with Crippen LogP contribution in [0.1, 0.15) is 6.42 Å². The summed E-state index contributed by atoms with van der Waals surface area (Å²) in [5.41, 5.74) is 5.03. The summed E-state index contributed by atoms with van der Waals surface area (Å²) >= 11 is 0. The van der Waals surface area contributed by atoms with E-state index in [0.29, 0.717) is 0 Å². The topological polar surface area (TPSA) is 188 Å². The molecule has 3 amide bonds. The highest BCUT2D eigenvalue weighted by atomic mass is 16.4. The van der Waals surface area contributed by atoms with Crippen LogP contribution in [-0.2, 0) is 24.0 Å². The van der Waals surface area contributed by atoms with Gasteiger partial charge < -0.3 is 31.9 Å². The van der Waals surface area contributed by atoms with Crippen LogP contribution in [0.3, 0.4) is 0 Å². The number of nitrogens with two attached hydrogens (primary N) is 1. The highest BCUT2D eigenvalue weighted by Gasteiger charge is 2.23. The van der Waals surface area contributed by atoms with Crippen LogP contribution in [0.2, 0.25) is 0 Å². The lowest BCUT2D eigenvalue weighted by Crippen LogP contribution is -2.51. The molecule has 0 heterocycles. The summed E-state index contributed by atoms with van der Waals surface area (Å²) < 4.78 is 0. The standard InChI is InChI=1S/C10H16N4O7/c11-2-6(15)14-5(1-8(17)18)10(21)13-3-7(16)12-4-9(19)20/h5H,1-4,11H2,(H,12,16)(H,13,21)(H,14,15)(H,17,18)(H,19,20). The van der Waals surface area contributed by atoms with Gasteiger partial charge in [-0.25, -0.2) is 0 Å². The molecule has 11 heteroatoms. The van der Waals surface area contributed by atoms with E-state index in [4.69, 9.17) is 15.9 Å². The monoisotopic (exact) mass is 304 g/mol. The van der Waals surface area contributed by atoms with E-state index in [2.05, 4.69) is 10.6 Å². The number of hydrogen-bond acceptors (Lipinski definition) is 6. The minimum Gasteiger partial charge on any atom is -0.481 e. The van der Waals surface area contributed by atoms with Gasteiger partial charge in [0, 0.05) is 0 Å². The number of amides is 3.